The number of benzene rings is 2. The summed E-state index contributed by atoms with van der Waals surface area (Å²) in [6.45, 7) is 2.27. The summed E-state index contributed by atoms with van der Waals surface area (Å²) in [5, 5.41) is 0.570. The van der Waals surface area contributed by atoms with E-state index in [1.165, 1.54) is 70.3 Å². The smallest absolute Gasteiger partial charge is 0.343 e. The van der Waals surface area contributed by atoms with Crippen LogP contribution in [0.2, 0.25) is 5.02 Å². The van der Waals surface area contributed by atoms with Gasteiger partial charge in [-0.05, 0) is 97.7 Å². The molecular weight excluding hydrogens is 447 g/mol. The number of unbranched alkanes of at least 4 members (excludes halogenated alkanes) is 4. The fraction of sp³-hybridized carbons (Fsp3) is 0.567. The summed E-state index contributed by atoms with van der Waals surface area (Å²) in [6.07, 6.45) is 15.6. The Balaban J connectivity index is 1.29. The van der Waals surface area contributed by atoms with E-state index in [2.05, 4.69) is 6.92 Å². The van der Waals surface area contributed by atoms with Gasteiger partial charge >= 0.3 is 5.97 Å². The van der Waals surface area contributed by atoms with E-state index in [1.54, 1.807) is 36.4 Å². The topological polar surface area (TPSA) is 26.3 Å². The van der Waals surface area contributed by atoms with Crippen molar-refractivity contribution in [3.63, 3.8) is 0 Å². The minimum absolute atomic E-state index is 0.240. The Bertz CT molecular complexity index is 941. The van der Waals surface area contributed by atoms with Gasteiger partial charge in [-0.1, -0.05) is 69.5 Å². The van der Waals surface area contributed by atoms with Crippen LogP contribution in [0.15, 0.2) is 42.5 Å². The van der Waals surface area contributed by atoms with E-state index in [0.29, 0.717) is 10.8 Å². The lowest BCUT2D eigenvalue weighted by Gasteiger charge is -2.42. The molecule has 0 spiro atoms. The quantitative estimate of drug-likeness (QED) is 0.201. The van der Waals surface area contributed by atoms with Gasteiger partial charge in [-0.25, -0.2) is 9.18 Å². The van der Waals surface area contributed by atoms with E-state index in [-0.39, 0.29) is 17.3 Å². The van der Waals surface area contributed by atoms with Crippen LogP contribution in [0, 0.1) is 23.6 Å². The van der Waals surface area contributed by atoms with Gasteiger partial charge in [0.25, 0.3) is 0 Å². The van der Waals surface area contributed by atoms with E-state index in [1.807, 2.05) is 0 Å². The highest BCUT2D eigenvalue weighted by molar-refractivity contribution is 6.30. The largest absolute Gasteiger partial charge is 0.423 e. The van der Waals surface area contributed by atoms with Gasteiger partial charge in [-0.15, -0.1) is 0 Å². The van der Waals surface area contributed by atoms with Crippen molar-refractivity contribution >= 4 is 17.6 Å². The average Bonchev–Trinajstić information content (AvgIpc) is 2.85. The summed E-state index contributed by atoms with van der Waals surface area (Å²) in [6, 6.07) is 11.4. The minimum Gasteiger partial charge on any atom is -0.423 e. The third-order valence-electron chi connectivity index (χ3n) is 8.14. The monoisotopic (exact) mass is 484 g/mol. The van der Waals surface area contributed by atoms with Gasteiger partial charge in [0, 0.05) is 5.02 Å². The first-order valence-corrected chi connectivity index (χ1v) is 13.7. The molecule has 0 radical (unpaired) electrons. The van der Waals surface area contributed by atoms with Gasteiger partial charge in [0.1, 0.15) is 11.6 Å². The normalized spacial score (nSPS) is 24.4. The zero-order valence-corrected chi connectivity index (χ0v) is 21.2. The summed E-state index contributed by atoms with van der Waals surface area (Å²) in [7, 11) is 0. The van der Waals surface area contributed by atoms with Crippen molar-refractivity contribution in [2.45, 2.75) is 89.9 Å². The van der Waals surface area contributed by atoms with Crippen molar-refractivity contribution in [2.24, 2.45) is 17.8 Å². The maximum atomic E-state index is 15.1. The molecule has 1 unspecified atom stereocenters. The lowest BCUT2D eigenvalue weighted by molar-refractivity contribution is 0.0734. The van der Waals surface area contributed by atoms with Gasteiger partial charge < -0.3 is 4.74 Å². The molecule has 2 aromatic carbocycles. The van der Waals surface area contributed by atoms with Crippen LogP contribution in [0.3, 0.4) is 0 Å². The zero-order chi connectivity index (χ0) is 23.9. The lowest BCUT2D eigenvalue weighted by atomic mass is 9.63. The van der Waals surface area contributed by atoms with Crippen molar-refractivity contribution in [2.75, 3.05) is 0 Å². The molecule has 4 heteroatoms. The predicted molar refractivity (Wildman–Crippen MR) is 137 cm³/mol. The molecule has 2 aliphatic carbocycles. The number of halogens is 2. The molecule has 2 nitrogen and oxygen atoms in total. The molecule has 34 heavy (non-hydrogen) atoms. The Kier molecular flexibility index (Phi) is 9.05. The number of rotatable bonds is 9. The van der Waals surface area contributed by atoms with Gasteiger partial charge in [0.05, 0.1) is 5.56 Å². The fourth-order valence-electron chi connectivity index (χ4n) is 6.22. The number of hydrogen-bond acceptors (Lipinski definition) is 2. The predicted octanol–water partition coefficient (Wildman–Crippen LogP) is 9.36. The first-order chi connectivity index (χ1) is 16.5. The van der Waals surface area contributed by atoms with Crippen LogP contribution in [-0.4, -0.2) is 5.97 Å². The standard InChI is InChI=1S/C30H38ClFO2/c1-2-3-4-5-6-7-21-8-9-23-19-24(11-10-22(23)18-21)28-17-12-25(20-29(28)32)30(33)34-27-15-13-26(31)14-16-27/h12-17,20-24H,2-11,18-19H2,1H3/t21-,22-,23+,24?/m0/s1. The van der Waals surface area contributed by atoms with E-state index in [9.17, 15) is 4.79 Å². The lowest BCUT2D eigenvalue weighted by Crippen LogP contribution is -2.30. The Labute approximate surface area is 209 Å². The van der Waals surface area contributed by atoms with E-state index < -0.39 is 5.97 Å². The molecule has 2 aliphatic rings. The Morgan fingerprint density at radius 1 is 0.941 bits per heavy atom. The number of carbonyl (C=O) groups is 1. The van der Waals surface area contributed by atoms with Gasteiger partial charge in [0.15, 0.2) is 0 Å². The third-order valence-corrected chi connectivity index (χ3v) is 8.39. The molecule has 2 aromatic rings. The third kappa shape index (κ3) is 6.62. The molecule has 0 N–H and O–H groups in total. The average molecular weight is 485 g/mol. The highest BCUT2D eigenvalue weighted by Gasteiger charge is 2.36. The molecule has 0 saturated heterocycles. The molecule has 4 atom stereocenters. The molecule has 2 saturated carbocycles. The van der Waals surface area contributed by atoms with Crippen molar-refractivity contribution in [3.05, 3.63) is 64.4 Å². The molecule has 0 bridgehead atoms. The van der Waals surface area contributed by atoms with Crippen molar-refractivity contribution in [3.8, 4) is 5.75 Å². The molecule has 0 aromatic heterocycles. The molecule has 4 rings (SSSR count). The number of esters is 1. The first kappa shape index (κ1) is 25.2. The summed E-state index contributed by atoms with van der Waals surface area (Å²) in [4.78, 5) is 12.5. The van der Waals surface area contributed by atoms with Gasteiger partial charge in [-0.2, -0.15) is 0 Å². The number of ether oxygens (including phenoxy) is 1. The van der Waals surface area contributed by atoms with Crippen LogP contribution in [0.1, 0.15) is 106 Å². The summed E-state index contributed by atoms with van der Waals surface area (Å²) >= 11 is 5.87. The number of hydrogen-bond donors (Lipinski definition) is 0. The van der Waals surface area contributed by atoms with Crippen LogP contribution in [-0.2, 0) is 0 Å². The SMILES string of the molecule is CCCCCCC[C@H]1CC[C@@H]2CC(c3ccc(C(=O)Oc4ccc(Cl)cc4)cc3F)CC[C@H]2C1. The van der Waals surface area contributed by atoms with E-state index in [4.69, 9.17) is 16.3 Å². The first-order valence-electron chi connectivity index (χ1n) is 13.3. The van der Waals surface area contributed by atoms with E-state index in [0.717, 1.165) is 36.2 Å². The summed E-state index contributed by atoms with van der Waals surface area (Å²) in [5.74, 6) is 2.27. The summed E-state index contributed by atoms with van der Waals surface area (Å²) < 4.78 is 20.4. The van der Waals surface area contributed by atoms with Crippen LogP contribution in [0.25, 0.3) is 0 Å². The second-order valence-corrected chi connectivity index (χ2v) is 10.9. The number of carbonyl (C=O) groups excluding carboxylic acids is 1. The van der Waals surface area contributed by atoms with E-state index >= 15 is 4.39 Å². The second kappa shape index (κ2) is 12.2. The number of fused-ring (bicyclic) bond motifs is 1. The highest BCUT2D eigenvalue weighted by atomic mass is 35.5. The molecule has 184 valence electrons. The highest BCUT2D eigenvalue weighted by Crippen LogP contribution is 2.48. The van der Waals surface area contributed by atoms with Gasteiger partial charge in [-0.3, -0.25) is 0 Å². The Hall–Kier alpha value is -1.87. The van der Waals surface area contributed by atoms with Gasteiger partial charge in [0.2, 0.25) is 0 Å². The van der Waals surface area contributed by atoms with Crippen LogP contribution in [0.4, 0.5) is 4.39 Å². The molecule has 0 amide bonds. The Morgan fingerprint density at radius 2 is 1.68 bits per heavy atom. The molecule has 2 fully saturated rings. The molecular formula is C30H38ClFO2. The van der Waals surface area contributed by atoms with Crippen LogP contribution in [0.5, 0.6) is 5.75 Å². The fourth-order valence-corrected chi connectivity index (χ4v) is 6.35. The molecule has 0 aliphatic heterocycles. The van der Waals surface area contributed by atoms with Crippen molar-refractivity contribution in [1.29, 1.82) is 0 Å². The maximum absolute atomic E-state index is 15.1. The van der Waals surface area contributed by atoms with Crippen LogP contribution < -0.4 is 4.74 Å². The van der Waals surface area contributed by atoms with Crippen LogP contribution >= 0.6 is 11.6 Å². The second-order valence-electron chi connectivity index (χ2n) is 10.5. The minimum atomic E-state index is -0.551. The van der Waals surface area contributed by atoms with Crippen molar-refractivity contribution < 1.29 is 13.9 Å². The Morgan fingerprint density at radius 3 is 2.44 bits per heavy atom. The maximum Gasteiger partial charge on any atom is 0.343 e. The zero-order valence-electron chi connectivity index (χ0n) is 20.4. The molecule has 0 heterocycles. The van der Waals surface area contributed by atoms with Crippen molar-refractivity contribution in [1.82, 2.24) is 0 Å². The summed E-state index contributed by atoms with van der Waals surface area (Å²) in [5.41, 5.74) is 1.00.